The van der Waals surface area contributed by atoms with Gasteiger partial charge >= 0.3 is 0 Å². The maximum atomic E-state index is 13.2. The van der Waals surface area contributed by atoms with Crippen molar-refractivity contribution in [1.82, 2.24) is 9.80 Å². The summed E-state index contributed by atoms with van der Waals surface area (Å²) in [6, 6.07) is 11.2. The number of phenols is 1. The molecule has 0 radical (unpaired) electrons. The van der Waals surface area contributed by atoms with Gasteiger partial charge in [-0.05, 0) is 79.7 Å². The third-order valence-electron chi connectivity index (χ3n) is 6.28. The Balaban J connectivity index is 0.00000256. The van der Waals surface area contributed by atoms with Gasteiger partial charge in [-0.3, -0.25) is 9.69 Å². The number of likely N-dealkylation sites (N-methyl/N-ethyl adjacent to an activating group) is 1. The smallest absolute Gasteiger partial charge is 0.227 e. The van der Waals surface area contributed by atoms with E-state index in [0.29, 0.717) is 16.1 Å². The number of aryl methyl sites for hydroxylation is 1. The van der Waals surface area contributed by atoms with E-state index in [1.54, 1.807) is 18.2 Å². The predicted molar refractivity (Wildman–Crippen MR) is 124 cm³/mol. The van der Waals surface area contributed by atoms with Crippen molar-refractivity contribution in [3.05, 3.63) is 63.1 Å². The fourth-order valence-electron chi connectivity index (χ4n) is 4.79. The molecule has 2 atom stereocenters. The summed E-state index contributed by atoms with van der Waals surface area (Å²) in [4.78, 5) is 17.6. The minimum atomic E-state index is -0.0206. The second kappa shape index (κ2) is 9.78. The summed E-state index contributed by atoms with van der Waals surface area (Å²) in [5.41, 5.74) is 3.14. The predicted octanol–water partition coefficient (Wildman–Crippen LogP) is 5.27. The molecular weight excluding hydrogens is 443 g/mol. The summed E-state index contributed by atoms with van der Waals surface area (Å²) in [5.74, 6) is 0.338. The average molecular weight is 470 g/mol. The van der Waals surface area contributed by atoms with Crippen LogP contribution >= 0.6 is 35.6 Å². The number of carbonyl (C=O) groups is 1. The zero-order chi connectivity index (χ0) is 20.5. The van der Waals surface area contributed by atoms with Gasteiger partial charge in [-0.1, -0.05) is 35.3 Å². The molecule has 2 aliphatic rings. The molecule has 0 saturated carbocycles. The van der Waals surface area contributed by atoms with Crippen LogP contribution in [0, 0.1) is 0 Å². The highest BCUT2D eigenvalue weighted by Gasteiger charge is 2.38. The van der Waals surface area contributed by atoms with E-state index in [9.17, 15) is 9.90 Å². The second-order valence-corrected chi connectivity index (χ2v) is 8.92. The van der Waals surface area contributed by atoms with Gasteiger partial charge in [0.1, 0.15) is 5.75 Å². The molecule has 4 nitrogen and oxygen atoms in total. The zero-order valence-corrected chi connectivity index (χ0v) is 19.3. The molecule has 4 rings (SSSR count). The van der Waals surface area contributed by atoms with Crippen LogP contribution < -0.4 is 0 Å². The number of nitrogens with zero attached hydrogens (tertiary/aromatic N) is 2. The highest BCUT2D eigenvalue weighted by Crippen LogP contribution is 2.39. The van der Waals surface area contributed by atoms with E-state index in [1.807, 2.05) is 30.1 Å². The summed E-state index contributed by atoms with van der Waals surface area (Å²) in [7, 11) is 1.90. The van der Waals surface area contributed by atoms with Crippen molar-refractivity contribution in [2.45, 2.75) is 44.2 Å². The second-order valence-electron chi connectivity index (χ2n) is 8.11. The zero-order valence-electron chi connectivity index (χ0n) is 17.0. The van der Waals surface area contributed by atoms with Crippen molar-refractivity contribution in [1.29, 1.82) is 0 Å². The Bertz CT molecular complexity index is 915. The van der Waals surface area contributed by atoms with Gasteiger partial charge in [-0.15, -0.1) is 12.4 Å². The topological polar surface area (TPSA) is 43.8 Å². The number of phenolic OH excluding ortho intramolecular Hbond substituents is 1. The minimum absolute atomic E-state index is 0. The summed E-state index contributed by atoms with van der Waals surface area (Å²) in [6.45, 7) is 2.17. The van der Waals surface area contributed by atoms with Crippen LogP contribution in [-0.4, -0.2) is 47.0 Å². The number of amides is 1. The molecule has 1 aliphatic heterocycles. The third kappa shape index (κ3) is 4.72. The molecule has 1 heterocycles. The van der Waals surface area contributed by atoms with Gasteiger partial charge < -0.3 is 10.0 Å². The molecule has 30 heavy (non-hydrogen) atoms. The molecule has 1 fully saturated rings. The molecule has 1 saturated heterocycles. The van der Waals surface area contributed by atoms with Crippen LogP contribution in [0.25, 0.3) is 0 Å². The van der Waals surface area contributed by atoms with Crippen LogP contribution in [0.15, 0.2) is 36.4 Å². The molecular formula is C23H27Cl3N2O2. The Hall–Kier alpha value is -1.46. The summed E-state index contributed by atoms with van der Waals surface area (Å²) in [5, 5.41) is 10.9. The highest BCUT2D eigenvalue weighted by molar-refractivity contribution is 6.42. The van der Waals surface area contributed by atoms with E-state index < -0.39 is 0 Å². The maximum Gasteiger partial charge on any atom is 0.227 e. The lowest BCUT2D eigenvalue weighted by Gasteiger charge is -2.43. The number of carbonyl (C=O) groups excluding carboxylic acids is 1. The monoisotopic (exact) mass is 468 g/mol. The summed E-state index contributed by atoms with van der Waals surface area (Å²) < 4.78 is 0. The van der Waals surface area contributed by atoms with Crippen molar-refractivity contribution >= 4 is 41.5 Å². The van der Waals surface area contributed by atoms with Gasteiger partial charge in [0.15, 0.2) is 0 Å². The van der Waals surface area contributed by atoms with E-state index in [1.165, 1.54) is 12.8 Å². The summed E-state index contributed by atoms with van der Waals surface area (Å²) in [6.07, 6.45) is 4.63. The third-order valence-corrected chi connectivity index (χ3v) is 7.02. The maximum absolute atomic E-state index is 13.2. The normalized spacial score (nSPS) is 21.0. The van der Waals surface area contributed by atoms with Crippen molar-refractivity contribution < 1.29 is 9.90 Å². The number of benzene rings is 2. The lowest BCUT2D eigenvalue weighted by molar-refractivity contribution is -0.133. The van der Waals surface area contributed by atoms with Gasteiger partial charge in [0.05, 0.1) is 22.5 Å². The Kier molecular flexibility index (Phi) is 7.56. The number of hydrogen-bond acceptors (Lipinski definition) is 3. The van der Waals surface area contributed by atoms with Crippen LogP contribution in [0.4, 0.5) is 0 Å². The van der Waals surface area contributed by atoms with Gasteiger partial charge in [0.25, 0.3) is 0 Å². The van der Waals surface area contributed by atoms with E-state index in [-0.39, 0.29) is 36.5 Å². The standard InChI is InChI=1S/C23H26Cl2N2O2.ClH/c1-26(22(29)13-15-4-8-19(24)20(25)12-15)23-18-7-6-17(28)14-16(18)5-9-21(23)27-10-2-3-11-27;/h4,6-8,12,14,21,23,28H,2-3,5,9-11,13H2,1H3;1H. The van der Waals surface area contributed by atoms with Crippen molar-refractivity contribution in [2.75, 3.05) is 20.1 Å². The highest BCUT2D eigenvalue weighted by atomic mass is 35.5. The van der Waals surface area contributed by atoms with Crippen molar-refractivity contribution in [2.24, 2.45) is 0 Å². The van der Waals surface area contributed by atoms with E-state index in [0.717, 1.165) is 42.6 Å². The van der Waals surface area contributed by atoms with Crippen LogP contribution in [0.2, 0.25) is 10.0 Å². The molecule has 0 bridgehead atoms. The van der Waals surface area contributed by atoms with E-state index in [2.05, 4.69) is 4.90 Å². The Morgan fingerprint density at radius 2 is 1.87 bits per heavy atom. The van der Waals surface area contributed by atoms with Gasteiger partial charge in [-0.2, -0.15) is 0 Å². The Labute approximate surface area is 194 Å². The fourth-order valence-corrected chi connectivity index (χ4v) is 5.11. The number of aromatic hydroxyl groups is 1. The number of likely N-dealkylation sites (tertiary alicyclic amines) is 1. The average Bonchev–Trinajstić information content (AvgIpc) is 3.24. The fraction of sp³-hybridized carbons (Fsp3) is 0.435. The van der Waals surface area contributed by atoms with Crippen LogP contribution in [0.3, 0.4) is 0 Å². The quantitative estimate of drug-likeness (QED) is 0.663. The van der Waals surface area contributed by atoms with Crippen LogP contribution in [-0.2, 0) is 17.6 Å². The number of rotatable bonds is 4. The molecule has 1 amide bonds. The minimum Gasteiger partial charge on any atom is -0.508 e. The molecule has 0 aromatic heterocycles. The van der Waals surface area contributed by atoms with Crippen LogP contribution in [0.5, 0.6) is 5.75 Å². The van der Waals surface area contributed by atoms with Gasteiger partial charge in [0.2, 0.25) is 5.91 Å². The van der Waals surface area contributed by atoms with Gasteiger partial charge in [-0.25, -0.2) is 0 Å². The van der Waals surface area contributed by atoms with Crippen LogP contribution in [0.1, 0.15) is 42.0 Å². The molecule has 7 heteroatoms. The molecule has 2 aromatic rings. The lowest BCUT2D eigenvalue weighted by Crippen LogP contribution is -2.48. The van der Waals surface area contributed by atoms with E-state index >= 15 is 0 Å². The number of hydrogen-bond donors (Lipinski definition) is 1. The number of halogens is 3. The molecule has 1 aliphatic carbocycles. The first-order valence-electron chi connectivity index (χ1n) is 10.2. The first kappa shape index (κ1) is 23.2. The molecule has 2 unspecified atom stereocenters. The largest absolute Gasteiger partial charge is 0.508 e. The Morgan fingerprint density at radius 1 is 1.13 bits per heavy atom. The van der Waals surface area contributed by atoms with Gasteiger partial charge in [0, 0.05) is 13.1 Å². The number of fused-ring (bicyclic) bond motifs is 1. The first-order chi connectivity index (χ1) is 13.9. The SMILES string of the molecule is CN(C(=O)Cc1ccc(Cl)c(Cl)c1)C1c2ccc(O)cc2CCC1N1CCCC1.Cl. The molecule has 162 valence electrons. The van der Waals surface area contributed by atoms with Crippen molar-refractivity contribution in [3.63, 3.8) is 0 Å². The Morgan fingerprint density at radius 3 is 2.57 bits per heavy atom. The molecule has 0 spiro atoms. The van der Waals surface area contributed by atoms with Crippen molar-refractivity contribution in [3.8, 4) is 5.75 Å². The lowest BCUT2D eigenvalue weighted by atomic mass is 9.82. The summed E-state index contributed by atoms with van der Waals surface area (Å²) >= 11 is 12.1. The van der Waals surface area contributed by atoms with E-state index in [4.69, 9.17) is 23.2 Å². The first-order valence-corrected chi connectivity index (χ1v) is 10.9. The molecule has 1 N–H and O–H groups in total. The molecule has 2 aromatic carbocycles.